The average Bonchev–Trinajstić information content (AvgIpc) is 2.82. The van der Waals surface area contributed by atoms with E-state index in [0.29, 0.717) is 17.3 Å². The number of oxazole rings is 1. The van der Waals surface area contributed by atoms with Gasteiger partial charge in [0, 0.05) is 17.5 Å². The van der Waals surface area contributed by atoms with Gasteiger partial charge in [0.2, 0.25) is 0 Å². The van der Waals surface area contributed by atoms with Crippen molar-refractivity contribution in [3.8, 4) is 0 Å². The molecule has 0 aliphatic heterocycles. The molecule has 1 aromatic heterocycles. The van der Waals surface area contributed by atoms with E-state index in [0.717, 1.165) is 22.2 Å². The lowest BCUT2D eigenvalue weighted by Crippen LogP contribution is -2.13. The second-order valence-corrected chi connectivity index (χ2v) is 5.34. The predicted octanol–water partition coefficient (Wildman–Crippen LogP) is 4.03. The molecule has 0 aliphatic rings. The first-order valence-corrected chi connectivity index (χ1v) is 6.87. The van der Waals surface area contributed by atoms with E-state index in [1.807, 2.05) is 49.4 Å². The van der Waals surface area contributed by atoms with Crippen molar-refractivity contribution < 1.29 is 4.42 Å². The normalized spacial score (nSPS) is 12.8. The summed E-state index contributed by atoms with van der Waals surface area (Å²) in [6.07, 6.45) is 0.565. The molecule has 0 bridgehead atoms. The Hall–Kier alpha value is -1.84. The van der Waals surface area contributed by atoms with Crippen molar-refractivity contribution in [1.29, 1.82) is 0 Å². The Morgan fingerprint density at radius 3 is 2.75 bits per heavy atom. The molecule has 1 atom stereocenters. The van der Waals surface area contributed by atoms with Crippen LogP contribution in [-0.2, 0) is 6.42 Å². The van der Waals surface area contributed by atoms with Crippen LogP contribution in [0.4, 0.5) is 0 Å². The zero-order chi connectivity index (χ0) is 14.1. The first-order valence-electron chi connectivity index (χ1n) is 6.49. The molecule has 0 radical (unpaired) electrons. The highest BCUT2D eigenvalue weighted by Gasteiger charge is 2.13. The van der Waals surface area contributed by atoms with Crippen molar-refractivity contribution in [2.75, 3.05) is 0 Å². The molecule has 0 amide bonds. The smallest absolute Gasteiger partial charge is 0.197 e. The number of aryl methyl sites for hydroxylation is 1. The minimum atomic E-state index is -0.125. The fraction of sp³-hybridized carbons (Fsp3) is 0.188. The Morgan fingerprint density at radius 1 is 1.25 bits per heavy atom. The molecular formula is C16H15ClN2O. The van der Waals surface area contributed by atoms with E-state index < -0.39 is 0 Å². The number of aromatic nitrogens is 1. The number of halogens is 1. The molecule has 3 nitrogen and oxygen atoms in total. The molecule has 0 saturated carbocycles. The highest BCUT2D eigenvalue weighted by atomic mass is 35.5. The molecule has 3 aromatic rings. The SMILES string of the molecule is Cc1cc(Cl)cc2nc(CC(N)c3ccccc3)oc12. The van der Waals surface area contributed by atoms with Gasteiger partial charge in [-0.3, -0.25) is 0 Å². The summed E-state index contributed by atoms with van der Waals surface area (Å²) in [5.41, 5.74) is 9.81. The Balaban J connectivity index is 1.90. The van der Waals surface area contributed by atoms with Crippen molar-refractivity contribution >= 4 is 22.7 Å². The quantitative estimate of drug-likeness (QED) is 0.791. The number of nitrogens with two attached hydrogens (primary N) is 1. The fourth-order valence-corrected chi connectivity index (χ4v) is 2.56. The molecule has 4 heteroatoms. The van der Waals surface area contributed by atoms with Crippen molar-refractivity contribution in [2.24, 2.45) is 5.73 Å². The molecule has 3 rings (SSSR count). The zero-order valence-corrected chi connectivity index (χ0v) is 11.9. The number of benzene rings is 2. The molecule has 0 saturated heterocycles. The van der Waals surface area contributed by atoms with Gasteiger partial charge in [-0.05, 0) is 30.2 Å². The summed E-state index contributed by atoms with van der Waals surface area (Å²) in [6.45, 7) is 1.96. The van der Waals surface area contributed by atoms with Gasteiger partial charge in [0.25, 0.3) is 0 Å². The molecular weight excluding hydrogens is 272 g/mol. The number of nitrogens with zero attached hydrogens (tertiary/aromatic N) is 1. The Morgan fingerprint density at radius 2 is 2.00 bits per heavy atom. The van der Waals surface area contributed by atoms with Crippen LogP contribution in [0.2, 0.25) is 5.02 Å². The van der Waals surface area contributed by atoms with Crippen molar-refractivity contribution in [3.63, 3.8) is 0 Å². The fourth-order valence-electron chi connectivity index (χ4n) is 2.30. The number of hydrogen-bond donors (Lipinski definition) is 1. The van der Waals surface area contributed by atoms with Gasteiger partial charge in [-0.15, -0.1) is 0 Å². The van der Waals surface area contributed by atoms with E-state index in [2.05, 4.69) is 4.98 Å². The highest BCUT2D eigenvalue weighted by Crippen LogP contribution is 2.26. The summed E-state index contributed by atoms with van der Waals surface area (Å²) in [5.74, 6) is 0.640. The highest BCUT2D eigenvalue weighted by molar-refractivity contribution is 6.31. The standard InChI is InChI=1S/C16H15ClN2O/c1-10-7-12(17)8-14-16(10)20-15(19-14)9-13(18)11-5-3-2-4-6-11/h2-8,13H,9,18H2,1H3. The minimum absolute atomic E-state index is 0.125. The van der Waals surface area contributed by atoms with Gasteiger partial charge in [0.05, 0.1) is 0 Å². The zero-order valence-electron chi connectivity index (χ0n) is 11.1. The van der Waals surface area contributed by atoms with Crippen LogP contribution >= 0.6 is 11.6 Å². The average molecular weight is 287 g/mol. The van der Waals surface area contributed by atoms with Crippen molar-refractivity contribution in [3.05, 3.63) is 64.5 Å². The van der Waals surface area contributed by atoms with E-state index in [-0.39, 0.29) is 6.04 Å². The summed E-state index contributed by atoms with van der Waals surface area (Å²) in [4.78, 5) is 4.47. The lowest BCUT2D eigenvalue weighted by molar-refractivity contribution is 0.501. The van der Waals surface area contributed by atoms with Crippen LogP contribution in [0.15, 0.2) is 46.9 Å². The van der Waals surface area contributed by atoms with Crippen molar-refractivity contribution in [2.45, 2.75) is 19.4 Å². The summed E-state index contributed by atoms with van der Waals surface area (Å²) < 4.78 is 5.80. The maximum absolute atomic E-state index is 6.19. The summed E-state index contributed by atoms with van der Waals surface area (Å²) >= 11 is 6.03. The second kappa shape index (κ2) is 5.27. The third kappa shape index (κ3) is 2.55. The van der Waals surface area contributed by atoms with Gasteiger partial charge in [-0.25, -0.2) is 4.98 Å². The van der Waals surface area contributed by atoms with Crippen LogP contribution < -0.4 is 5.73 Å². The molecule has 20 heavy (non-hydrogen) atoms. The molecule has 0 fully saturated rings. The van der Waals surface area contributed by atoms with Crippen LogP contribution in [0, 0.1) is 6.92 Å². The van der Waals surface area contributed by atoms with E-state index in [9.17, 15) is 0 Å². The molecule has 0 spiro atoms. The van der Waals surface area contributed by atoms with Crippen LogP contribution in [-0.4, -0.2) is 4.98 Å². The van der Waals surface area contributed by atoms with Crippen LogP contribution in [0.3, 0.4) is 0 Å². The molecule has 2 N–H and O–H groups in total. The van der Waals surface area contributed by atoms with Crippen LogP contribution in [0.5, 0.6) is 0 Å². The summed E-state index contributed by atoms with van der Waals surface area (Å²) in [7, 11) is 0. The Labute approximate surface area is 122 Å². The lowest BCUT2D eigenvalue weighted by Gasteiger charge is -2.08. The van der Waals surface area contributed by atoms with Gasteiger partial charge in [-0.1, -0.05) is 41.9 Å². The van der Waals surface area contributed by atoms with Crippen LogP contribution in [0.25, 0.3) is 11.1 Å². The van der Waals surface area contributed by atoms with E-state index in [1.54, 1.807) is 0 Å². The second-order valence-electron chi connectivity index (χ2n) is 4.90. The van der Waals surface area contributed by atoms with Gasteiger partial charge < -0.3 is 10.2 Å². The van der Waals surface area contributed by atoms with Gasteiger partial charge >= 0.3 is 0 Å². The maximum Gasteiger partial charge on any atom is 0.197 e. The van der Waals surface area contributed by atoms with E-state index in [4.69, 9.17) is 21.8 Å². The molecule has 1 heterocycles. The first-order chi connectivity index (χ1) is 9.63. The summed E-state index contributed by atoms with van der Waals surface area (Å²) in [6, 6.07) is 13.5. The Bertz CT molecular complexity index is 737. The monoisotopic (exact) mass is 286 g/mol. The number of rotatable bonds is 3. The predicted molar refractivity (Wildman–Crippen MR) is 80.8 cm³/mol. The van der Waals surface area contributed by atoms with E-state index in [1.165, 1.54) is 0 Å². The number of hydrogen-bond acceptors (Lipinski definition) is 3. The number of fused-ring (bicyclic) bond motifs is 1. The minimum Gasteiger partial charge on any atom is -0.440 e. The summed E-state index contributed by atoms with van der Waals surface area (Å²) in [5, 5.41) is 0.669. The first kappa shape index (κ1) is 13.2. The van der Waals surface area contributed by atoms with Crippen LogP contribution in [0.1, 0.15) is 23.1 Å². The molecule has 1 unspecified atom stereocenters. The Kier molecular flexibility index (Phi) is 3.47. The third-order valence-electron chi connectivity index (χ3n) is 3.31. The molecule has 0 aliphatic carbocycles. The van der Waals surface area contributed by atoms with Gasteiger partial charge in [0.15, 0.2) is 11.5 Å². The third-order valence-corrected chi connectivity index (χ3v) is 3.53. The van der Waals surface area contributed by atoms with E-state index >= 15 is 0 Å². The van der Waals surface area contributed by atoms with Crippen molar-refractivity contribution in [1.82, 2.24) is 4.98 Å². The van der Waals surface area contributed by atoms with Gasteiger partial charge in [-0.2, -0.15) is 0 Å². The molecule has 102 valence electrons. The van der Waals surface area contributed by atoms with Gasteiger partial charge in [0.1, 0.15) is 5.52 Å². The molecule has 2 aromatic carbocycles. The lowest BCUT2D eigenvalue weighted by atomic mass is 10.1. The maximum atomic E-state index is 6.19. The largest absolute Gasteiger partial charge is 0.440 e. The topological polar surface area (TPSA) is 52.0 Å².